The molecule has 1 N–H and O–H groups in total. The first-order chi connectivity index (χ1) is 16.1. The van der Waals surface area contributed by atoms with Crippen LogP contribution in [0.5, 0.6) is 11.5 Å². The fraction of sp³-hybridized carbons (Fsp3) is 0.417. The smallest absolute Gasteiger partial charge is 0.162 e. The monoisotopic (exact) mass is 474 g/mol. The van der Waals surface area contributed by atoms with E-state index in [1.54, 1.807) is 13.2 Å². The molecule has 0 bridgehead atoms. The minimum atomic E-state index is -0.474. The third-order valence-electron chi connectivity index (χ3n) is 5.78. The van der Waals surface area contributed by atoms with E-state index in [1.165, 1.54) is 18.5 Å². The van der Waals surface area contributed by atoms with Crippen molar-refractivity contribution in [2.24, 2.45) is 5.92 Å². The molecule has 1 aromatic heterocycles. The van der Waals surface area contributed by atoms with Crippen LogP contribution < -0.4 is 14.8 Å². The molecule has 0 amide bonds. The normalized spacial score (nSPS) is 15.4. The van der Waals surface area contributed by atoms with E-state index >= 15 is 0 Å². The Bertz CT molecular complexity index is 1090. The van der Waals surface area contributed by atoms with Gasteiger partial charge in [0.05, 0.1) is 37.5 Å². The van der Waals surface area contributed by atoms with Crippen molar-refractivity contribution in [3.05, 3.63) is 47.5 Å². The lowest BCUT2D eigenvalue weighted by atomic mass is 10.1. The molecule has 9 heteroatoms. The maximum absolute atomic E-state index is 13.5. The van der Waals surface area contributed by atoms with Gasteiger partial charge in [-0.15, -0.1) is 0 Å². The second kappa shape index (κ2) is 11.0. The molecule has 1 aliphatic heterocycles. The summed E-state index contributed by atoms with van der Waals surface area (Å²) in [5, 5.41) is 3.99. The Morgan fingerprint density at radius 3 is 2.73 bits per heavy atom. The maximum atomic E-state index is 13.5. The standard InChI is InChI=1S/C24H28ClFN4O3/c1-3-16(13-30-6-8-32-9-7-30)14-33-23-11-18-21(12-22(23)31-2)27-15-28-24(18)29-17-4-5-20(26)19(25)10-17/h4-5,10-12,15-16H,3,6-9,13-14H2,1-2H3,(H,27,28,29). The molecule has 1 saturated heterocycles. The molecule has 1 fully saturated rings. The van der Waals surface area contributed by atoms with Gasteiger partial charge < -0.3 is 19.5 Å². The van der Waals surface area contributed by atoms with Crippen LogP contribution in [0.4, 0.5) is 15.9 Å². The number of anilines is 2. The predicted octanol–water partition coefficient (Wildman–Crippen LogP) is 4.91. The van der Waals surface area contributed by atoms with Crippen molar-refractivity contribution < 1.29 is 18.6 Å². The second-order valence-corrected chi connectivity index (χ2v) is 8.40. The third-order valence-corrected chi connectivity index (χ3v) is 6.06. The van der Waals surface area contributed by atoms with Crippen molar-refractivity contribution >= 4 is 34.0 Å². The van der Waals surface area contributed by atoms with Gasteiger partial charge in [0, 0.05) is 42.7 Å². The number of methoxy groups -OCH3 is 1. The molecule has 4 rings (SSSR count). The minimum Gasteiger partial charge on any atom is -0.493 e. The molecule has 0 aliphatic carbocycles. The van der Waals surface area contributed by atoms with Crippen molar-refractivity contribution in [2.45, 2.75) is 13.3 Å². The van der Waals surface area contributed by atoms with E-state index < -0.39 is 5.82 Å². The highest BCUT2D eigenvalue weighted by molar-refractivity contribution is 6.31. The number of aromatic nitrogens is 2. The molecule has 0 radical (unpaired) electrons. The summed E-state index contributed by atoms with van der Waals surface area (Å²) >= 11 is 5.92. The van der Waals surface area contributed by atoms with Gasteiger partial charge in [-0.3, -0.25) is 4.90 Å². The van der Waals surface area contributed by atoms with Crippen molar-refractivity contribution in [1.82, 2.24) is 14.9 Å². The lowest BCUT2D eigenvalue weighted by Gasteiger charge is -2.30. The molecule has 7 nitrogen and oxygen atoms in total. The zero-order valence-corrected chi connectivity index (χ0v) is 19.6. The van der Waals surface area contributed by atoms with Gasteiger partial charge in [0.15, 0.2) is 11.5 Å². The highest BCUT2D eigenvalue weighted by Gasteiger charge is 2.18. The first-order valence-electron chi connectivity index (χ1n) is 11.0. The number of hydrogen-bond donors (Lipinski definition) is 1. The Kier molecular flexibility index (Phi) is 7.80. The van der Waals surface area contributed by atoms with Gasteiger partial charge in [0.1, 0.15) is 18.0 Å². The van der Waals surface area contributed by atoms with Crippen LogP contribution in [0.15, 0.2) is 36.7 Å². The summed E-state index contributed by atoms with van der Waals surface area (Å²) in [4.78, 5) is 11.1. The average Bonchev–Trinajstić information content (AvgIpc) is 2.84. The van der Waals surface area contributed by atoms with Crippen LogP contribution in [-0.2, 0) is 4.74 Å². The summed E-state index contributed by atoms with van der Waals surface area (Å²) in [5.41, 5.74) is 1.32. The third kappa shape index (κ3) is 5.82. The fourth-order valence-corrected chi connectivity index (χ4v) is 3.98. The highest BCUT2D eigenvalue weighted by atomic mass is 35.5. The van der Waals surface area contributed by atoms with Gasteiger partial charge >= 0.3 is 0 Å². The number of halogens is 2. The summed E-state index contributed by atoms with van der Waals surface area (Å²) < 4.78 is 30.8. The molecular weight excluding hydrogens is 447 g/mol. The summed E-state index contributed by atoms with van der Waals surface area (Å²) in [6.07, 6.45) is 2.47. The quantitative estimate of drug-likeness (QED) is 0.472. The largest absolute Gasteiger partial charge is 0.493 e. The number of nitrogens with one attached hydrogen (secondary N) is 1. The molecule has 2 aromatic carbocycles. The lowest BCUT2D eigenvalue weighted by Crippen LogP contribution is -2.40. The molecule has 1 unspecified atom stereocenters. The average molecular weight is 475 g/mol. The lowest BCUT2D eigenvalue weighted by molar-refractivity contribution is 0.0263. The summed E-state index contributed by atoms with van der Waals surface area (Å²) in [6.45, 7) is 7.19. The van der Waals surface area contributed by atoms with Crippen molar-refractivity contribution in [1.29, 1.82) is 0 Å². The van der Waals surface area contributed by atoms with E-state index in [4.69, 9.17) is 25.8 Å². The van der Waals surface area contributed by atoms with Gasteiger partial charge in [-0.25, -0.2) is 14.4 Å². The molecule has 1 aliphatic rings. The van der Waals surface area contributed by atoms with E-state index in [-0.39, 0.29) is 5.02 Å². The number of benzene rings is 2. The minimum absolute atomic E-state index is 0.0370. The van der Waals surface area contributed by atoms with Crippen LogP contribution in [0.3, 0.4) is 0 Å². The number of fused-ring (bicyclic) bond motifs is 1. The molecule has 0 spiro atoms. The topological polar surface area (TPSA) is 68.7 Å². The first kappa shape index (κ1) is 23.5. The summed E-state index contributed by atoms with van der Waals surface area (Å²) in [5.74, 6) is 1.71. The van der Waals surface area contributed by atoms with E-state index in [0.29, 0.717) is 41.0 Å². The molecular formula is C24H28ClFN4O3. The van der Waals surface area contributed by atoms with E-state index in [0.717, 1.165) is 44.7 Å². The van der Waals surface area contributed by atoms with Crippen LogP contribution >= 0.6 is 11.6 Å². The number of ether oxygens (including phenoxy) is 3. The van der Waals surface area contributed by atoms with Crippen LogP contribution in [0.2, 0.25) is 5.02 Å². The predicted molar refractivity (Wildman–Crippen MR) is 127 cm³/mol. The Morgan fingerprint density at radius 1 is 1.18 bits per heavy atom. The van der Waals surface area contributed by atoms with Crippen molar-refractivity contribution in [2.75, 3.05) is 51.9 Å². The number of morpholine rings is 1. The van der Waals surface area contributed by atoms with E-state index in [2.05, 4.69) is 27.1 Å². The molecule has 176 valence electrons. The Balaban J connectivity index is 1.55. The second-order valence-electron chi connectivity index (χ2n) is 7.99. The fourth-order valence-electron chi connectivity index (χ4n) is 3.80. The number of rotatable bonds is 9. The zero-order chi connectivity index (χ0) is 23.2. The zero-order valence-electron chi connectivity index (χ0n) is 18.8. The van der Waals surface area contributed by atoms with Crippen molar-refractivity contribution in [3.63, 3.8) is 0 Å². The van der Waals surface area contributed by atoms with Gasteiger partial charge in [-0.05, 0) is 30.7 Å². The maximum Gasteiger partial charge on any atom is 0.162 e. The van der Waals surface area contributed by atoms with Crippen LogP contribution in [0.25, 0.3) is 10.9 Å². The first-order valence-corrected chi connectivity index (χ1v) is 11.4. The van der Waals surface area contributed by atoms with Crippen molar-refractivity contribution in [3.8, 4) is 11.5 Å². The van der Waals surface area contributed by atoms with Gasteiger partial charge in [-0.1, -0.05) is 18.5 Å². The Morgan fingerprint density at radius 2 is 2.00 bits per heavy atom. The van der Waals surface area contributed by atoms with E-state index in [9.17, 15) is 4.39 Å². The van der Waals surface area contributed by atoms with Crippen LogP contribution in [0.1, 0.15) is 13.3 Å². The van der Waals surface area contributed by atoms with Crippen LogP contribution in [-0.4, -0.2) is 61.4 Å². The number of hydrogen-bond acceptors (Lipinski definition) is 7. The van der Waals surface area contributed by atoms with Gasteiger partial charge in [0.25, 0.3) is 0 Å². The summed E-state index contributed by atoms with van der Waals surface area (Å²) in [6, 6.07) is 8.14. The summed E-state index contributed by atoms with van der Waals surface area (Å²) in [7, 11) is 1.61. The van der Waals surface area contributed by atoms with E-state index in [1.807, 2.05) is 12.1 Å². The Labute approximate surface area is 197 Å². The Hall–Kier alpha value is -2.68. The number of nitrogens with zero attached hydrogens (tertiary/aromatic N) is 3. The molecule has 33 heavy (non-hydrogen) atoms. The SMILES string of the molecule is CCC(COc1cc2c(Nc3ccc(F)c(Cl)c3)ncnc2cc1OC)CN1CCOCC1. The molecule has 2 heterocycles. The molecule has 0 saturated carbocycles. The van der Waals surface area contributed by atoms with Crippen LogP contribution in [0, 0.1) is 11.7 Å². The molecule has 1 atom stereocenters. The highest BCUT2D eigenvalue weighted by Crippen LogP contribution is 2.35. The van der Waals surface area contributed by atoms with Gasteiger partial charge in [-0.2, -0.15) is 0 Å². The van der Waals surface area contributed by atoms with Gasteiger partial charge in [0.2, 0.25) is 0 Å². The molecule has 3 aromatic rings.